The zero-order valence-corrected chi connectivity index (χ0v) is 37.1. The Labute approximate surface area is 393 Å². The molecule has 0 unspecified atom stereocenters. The van der Waals surface area contributed by atoms with Gasteiger partial charge in [-0.3, -0.25) is 0 Å². The molecule has 0 atom stereocenters. The van der Waals surface area contributed by atoms with Crippen molar-refractivity contribution < 1.29 is 0 Å². The van der Waals surface area contributed by atoms with Gasteiger partial charge < -0.3 is 0 Å². The van der Waals surface area contributed by atoms with E-state index in [4.69, 9.17) is 0 Å². The predicted octanol–water partition coefficient (Wildman–Crippen LogP) is 19.2. The summed E-state index contributed by atoms with van der Waals surface area (Å²) in [4.78, 5) is 0. The standard InChI is InChI=1S/C68H40/c1-3-25-44-41(19-1)21-15-37-46(44)61-48-27-5-9-31-52(48)63(53-32-10-6-28-49(53)61)65-56-35-13-14-36-57(56)66(68-59-40-18-24-43-23-17-39-58(60(43)59)67(65)68)64-54-33-11-7-29-50(54)62(51-30-8-12-34-55(51)64)47-38-16-22-42-20-2-4-26-45(42)47/h1-40H. The van der Waals surface area contributed by atoms with Crippen LogP contribution in [0.5, 0.6) is 0 Å². The van der Waals surface area contributed by atoms with Crippen molar-refractivity contribution in [2.45, 2.75) is 0 Å². The maximum absolute atomic E-state index is 2.40. The fourth-order valence-corrected chi connectivity index (χ4v) is 12.5. The van der Waals surface area contributed by atoms with Crippen molar-refractivity contribution in [3.63, 3.8) is 0 Å². The summed E-state index contributed by atoms with van der Waals surface area (Å²) in [5.41, 5.74) is 15.4. The van der Waals surface area contributed by atoms with Gasteiger partial charge in [0.2, 0.25) is 0 Å². The fraction of sp³-hybridized carbons (Fsp3) is 0. The molecule has 1 aliphatic carbocycles. The Bertz CT molecular complexity index is 4080. The van der Waals surface area contributed by atoms with Gasteiger partial charge in [0.15, 0.2) is 0 Å². The van der Waals surface area contributed by atoms with Gasteiger partial charge >= 0.3 is 0 Å². The van der Waals surface area contributed by atoms with Crippen LogP contribution in [-0.4, -0.2) is 0 Å². The summed E-state index contributed by atoms with van der Waals surface area (Å²) in [6.45, 7) is 0. The molecule has 0 amide bonds. The first kappa shape index (κ1) is 37.4. The Balaban J connectivity index is 1.15. The minimum atomic E-state index is 1.25. The normalized spacial score (nSPS) is 12.1. The molecule has 14 aromatic carbocycles. The molecule has 0 nitrogen and oxygen atoms in total. The lowest BCUT2D eigenvalue weighted by Gasteiger charge is -2.26. The van der Waals surface area contributed by atoms with Gasteiger partial charge in [-0.15, -0.1) is 0 Å². The molecule has 0 heterocycles. The van der Waals surface area contributed by atoms with Crippen LogP contribution < -0.4 is 0 Å². The van der Waals surface area contributed by atoms with Crippen LogP contribution in [-0.2, 0) is 0 Å². The van der Waals surface area contributed by atoms with Crippen molar-refractivity contribution in [2.24, 2.45) is 0 Å². The molecular formula is C68H40. The van der Waals surface area contributed by atoms with E-state index in [1.807, 2.05) is 0 Å². The van der Waals surface area contributed by atoms with Crippen LogP contribution in [0.2, 0.25) is 0 Å². The lowest BCUT2D eigenvalue weighted by molar-refractivity contribution is 1.66. The van der Waals surface area contributed by atoms with Crippen molar-refractivity contribution in [1.82, 2.24) is 0 Å². The zero-order chi connectivity index (χ0) is 44.5. The van der Waals surface area contributed by atoms with Crippen LogP contribution in [0.3, 0.4) is 0 Å². The number of benzene rings is 14. The molecule has 0 saturated heterocycles. The molecule has 0 spiro atoms. The van der Waals surface area contributed by atoms with Gasteiger partial charge in [0.1, 0.15) is 0 Å². The summed E-state index contributed by atoms with van der Waals surface area (Å²) in [6.07, 6.45) is 0. The topological polar surface area (TPSA) is 0 Å². The summed E-state index contributed by atoms with van der Waals surface area (Å²) in [5, 5.41) is 20.2. The SMILES string of the molecule is c1ccc2c(-c3c4ccccc4c(-c4c5c(c(-c6c7ccccc7c(-c7cccc8ccccc78)c7ccccc67)c6ccccc46)-c4cccc6cccc-5c46)c4ccccc34)cccc2c1. The molecule has 0 fully saturated rings. The number of fused-ring (bicyclic) bond motifs is 10. The van der Waals surface area contributed by atoms with E-state index < -0.39 is 0 Å². The van der Waals surface area contributed by atoms with Gasteiger partial charge in [-0.1, -0.05) is 243 Å². The van der Waals surface area contributed by atoms with Crippen LogP contribution in [0.1, 0.15) is 0 Å². The first-order valence-corrected chi connectivity index (χ1v) is 23.8. The van der Waals surface area contributed by atoms with E-state index >= 15 is 0 Å². The van der Waals surface area contributed by atoms with Crippen LogP contribution in [0.4, 0.5) is 0 Å². The molecular weight excluding hydrogens is 817 g/mol. The minimum Gasteiger partial charge on any atom is -0.0616 e. The molecule has 312 valence electrons. The van der Waals surface area contributed by atoms with Crippen LogP contribution in [0.25, 0.3) is 153 Å². The van der Waals surface area contributed by atoms with Crippen molar-refractivity contribution in [3.05, 3.63) is 243 Å². The quantitative estimate of drug-likeness (QED) is 0.155. The lowest BCUT2D eigenvalue weighted by Crippen LogP contribution is -1.98. The third-order valence-electron chi connectivity index (χ3n) is 15.1. The highest BCUT2D eigenvalue weighted by Gasteiger charge is 2.33. The monoisotopic (exact) mass is 856 g/mol. The Morgan fingerprint density at radius 2 is 0.368 bits per heavy atom. The second-order valence-corrected chi connectivity index (χ2v) is 18.5. The van der Waals surface area contributed by atoms with Crippen molar-refractivity contribution in [3.8, 4) is 66.8 Å². The summed E-state index contributed by atoms with van der Waals surface area (Å²) < 4.78 is 0. The van der Waals surface area contributed by atoms with Gasteiger partial charge in [-0.05, 0) is 153 Å². The molecule has 0 bridgehead atoms. The minimum absolute atomic E-state index is 1.25. The van der Waals surface area contributed by atoms with E-state index in [2.05, 4.69) is 243 Å². The maximum atomic E-state index is 2.40. The second-order valence-electron chi connectivity index (χ2n) is 18.5. The Morgan fingerprint density at radius 1 is 0.132 bits per heavy atom. The highest BCUT2D eigenvalue weighted by molar-refractivity contribution is 6.36. The molecule has 0 aliphatic heterocycles. The average Bonchev–Trinajstić information content (AvgIpc) is 3.74. The van der Waals surface area contributed by atoms with Gasteiger partial charge in [0.05, 0.1) is 0 Å². The summed E-state index contributed by atoms with van der Waals surface area (Å²) in [6, 6.07) is 91.0. The average molecular weight is 857 g/mol. The third-order valence-corrected chi connectivity index (χ3v) is 15.1. The highest BCUT2D eigenvalue weighted by Crippen LogP contribution is 2.61. The first-order chi connectivity index (χ1) is 33.8. The van der Waals surface area contributed by atoms with Crippen molar-refractivity contribution >= 4 is 86.2 Å². The Hall–Kier alpha value is -8.84. The Kier molecular flexibility index (Phi) is 7.88. The Morgan fingerprint density at radius 3 is 0.706 bits per heavy atom. The first-order valence-electron chi connectivity index (χ1n) is 23.8. The third kappa shape index (κ3) is 5.09. The van der Waals surface area contributed by atoms with E-state index in [0.717, 1.165) is 0 Å². The lowest BCUT2D eigenvalue weighted by atomic mass is 9.77. The van der Waals surface area contributed by atoms with Gasteiger partial charge in [-0.2, -0.15) is 0 Å². The van der Waals surface area contributed by atoms with Gasteiger partial charge in [0.25, 0.3) is 0 Å². The smallest absolute Gasteiger partial charge is 0.000696 e. The largest absolute Gasteiger partial charge is 0.0616 e. The zero-order valence-electron chi connectivity index (χ0n) is 37.1. The molecule has 1 aliphatic rings. The molecule has 15 rings (SSSR count). The van der Waals surface area contributed by atoms with Crippen LogP contribution in [0, 0.1) is 0 Å². The summed E-state index contributed by atoms with van der Waals surface area (Å²) in [7, 11) is 0. The number of hydrogen-bond acceptors (Lipinski definition) is 0. The van der Waals surface area contributed by atoms with E-state index in [9.17, 15) is 0 Å². The highest BCUT2D eigenvalue weighted by atomic mass is 14.4. The molecule has 0 heteroatoms. The van der Waals surface area contributed by atoms with E-state index in [-0.39, 0.29) is 0 Å². The van der Waals surface area contributed by atoms with Crippen LogP contribution in [0.15, 0.2) is 243 Å². The predicted molar refractivity (Wildman–Crippen MR) is 293 cm³/mol. The summed E-state index contributed by atoms with van der Waals surface area (Å²) >= 11 is 0. The molecule has 0 radical (unpaired) electrons. The van der Waals surface area contributed by atoms with Crippen LogP contribution >= 0.6 is 0 Å². The van der Waals surface area contributed by atoms with E-state index in [1.54, 1.807) is 0 Å². The van der Waals surface area contributed by atoms with Gasteiger partial charge in [0, 0.05) is 0 Å². The van der Waals surface area contributed by atoms with Gasteiger partial charge in [-0.25, -0.2) is 0 Å². The second kappa shape index (κ2) is 14.3. The molecule has 0 N–H and O–H groups in total. The molecule has 68 heavy (non-hydrogen) atoms. The van der Waals surface area contributed by atoms with E-state index in [1.165, 1.54) is 153 Å². The number of hydrogen-bond donors (Lipinski definition) is 0. The van der Waals surface area contributed by atoms with Crippen molar-refractivity contribution in [1.29, 1.82) is 0 Å². The molecule has 14 aromatic rings. The maximum Gasteiger partial charge on any atom is -0.000696 e. The van der Waals surface area contributed by atoms with Crippen molar-refractivity contribution in [2.75, 3.05) is 0 Å². The van der Waals surface area contributed by atoms with E-state index in [0.29, 0.717) is 0 Å². The number of rotatable bonds is 4. The summed E-state index contributed by atoms with van der Waals surface area (Å²) in [5.74, 6) is 0. The fourth-order valence-electron chi connectivity index (χ4n) is 12.5. The molecule has 0 saturated carbocycles. The molecule has 0 aromatic heterocycles.